The van der Waals surface area contributed by atoms with Crippen molar-refractivity contribution in [3.05, 3.63) is 82.7 Å². The highest BCUT2D eigenvalue weighted by Gasteiger charge is 2.50. The van der Waals surface area contributed by atoms with Gasteiger partial charge in [-0.05, 0) is 36.3 Å². The Kier molecular flexibility index (Phi) is 5.51. The summed E-state index contributed by atoms with van der Waals surface area (Å²) in [7, 11) is 0. The van der Waals surface area contributed by atoms with Crippen LogP contribution in [0.3, 0.4) is 0 Å². The Morgan fingerprint density at radius 3 is 2.54 bits per heavy atom. The van der Waals surface area contributed by atoms with E-state index in [4.69, 9.17) is 16.3 Å². The number of hydrogen-bond donors (Lipinski definition) is 2. The predicted molar refractivity (Wildman–Crippen MR) is 103 cm³/mol. The number of halogens is 1. The van der Waals surface area contributed by atoms with Gasteiger partial charge in [-0.1, -0.05) is 41.9 Å². The minimum Gasteiger partial charge on any atom is -0.487 e. The van der Waals surface area contributed by atoms with E-state index in [9.17, 15) is 19.8 Å². The second-order valence-corrected chi connectivity index (χ2v) is 7.02. The van der Waals surface area contributed by atoms with Crippen molar-refractivity contribution in [1.29, 1.82) is 0 Å². The molecule has 1 heterocycles. The van der Waals surface area contributed by atoms with Gasteiger partial charge < -0.3 is 14.9 Å². The monoisotopic (exact) mass is 399 g/mol. The number of carboxylic acid groups (broad SMARTS) is 2. The van der Waals surface area contributed by atoms with Crippen molar-refractivity contribution in [2.45, 2.75) is 19.4 Å². The molecule has 144 valence electrons. The van der Waals surface area contributed by atoms with E-state index in [1.54, 1.807) is 6.07 Å². The number of ether oxygens (including phenoxy) is 1. The molecule has 0 aliphatic heterocycles. The fourth-order valence-corrected chi connectivity index (χ4v) is 3.48. The molecule has 0 radical (unpaired) electrons. The van der Waals surface area contributed by atoms with Crippen LogP contribution in [0.2, 0.25) is 0 Å². The van der Waals surface area contributed by atoms with Crippen molar-refractivity contribution in [3.8, 4) is 5.75 Å². The van der Waals surface area contributed by atoms with Crippen molar-refractivity contribution in [3.63, 3.8) is 0 Å². The van der Waals surface area contributed by atoms with Crippen molar-refractivity contribution in [2.24, 2.45) is 5.41 Å². The molecular formula is C21H18ClNO5. The van der Waals surface area contributed by atoms with Crippen LogP contribution >= 0.6 is 11.6 Å². The molecule has 1 aromatic heterocycles. The lowest BCUT2D eigenvalue weighted by molar-refractivity contribution is -0.146. The minimum atomic E-state index is -1.64. The van der Waals surface area contributed by atoms with E-state index >= 15 is 0 Å². The summed E-state index contributed by atoms with van der Waals surface area (Å²) in [6.07, 6.45) is 5.58. The lowest BCUT2D eigenvalue weighted by atomic mass is 9.67. The number of nitrogens with zero attached hydrogens (tertiary/aromatic N) is 1. The first-order valence-electron chi connectivity index (χ1n) is 8.50. The number of carbonyl (C=O) groups is 2. The Morgan fingerprint density at radius 2 is 1.89 bits per heavy atom. The molecule has 3 rings (SSSR count). The van der Waals surface area contributed by atoms with Crippen LogP contribution in [0.5, 0.6) is 5.75 Å². The van der Waals surface area contributed by atoms with Crippen molar-refractivity contribution in [1.82, 2.24) is 4.98 Å². The molecule has 1 aliphatic carbocycles. The minimum absolute atomic E-state index is 0.0469. The summed E-state index contributed by atoms with van der Waals surface area (Å²) in [5.41, 5.74) is -0.353. The Morgan fingerprint density at radius 1 is 1.18 bits per heavy atom. The summed E-state index contributed by atoms with van der Waals surface area (Å²) in [4.78, 5) is 27.9. The normalized spacial score (nSPS) is 21.4. The number of aliphatic carboxylic acids is 2. The Hall–Kier alpha value is -3.12. The van der Waals surface area contributed by atoms with Crippen LogP contribution in [0.4, 0.5) is 0 Å². The maximum absolute atomic E-state index is 12.0. The summed E-state index contributed by atoms with van der Waals surface area (Å²) < 4.78 is 5.75. The molecule has 1 aliphatic rings. The van der Waals surface area contributed by atoms with Crippen LogP contribution in [0, 0.1) is 5.41 Å². The van der Waals surface area contributed by atoms with Gasteiger partial charge in [0.05, 0.1) is 6.20 Å². The average Bonchev–Trinajstić information content (AvgIpc) is 2.69. The van der Waals surface area contributed by atoms with Gasteiger partial charge in [0, 0.05) is 22.7 Å². The number of carboxylic acids is 2. The molecule has 2 aromatic rings. The summed E-state index contributed by atoms with van der Waals surface area (Å²) in [5, 5.41) is 19.5. The standard InChI is InChI=1S/C21H18ClNO5/c1-21(20(26)27)17(22)8-7-16(19(24)25)18(21)14-9-15(11-23-10-14)28-12-13-5-3-2-4-6-13/h2-11,18H,12H2,1H3,(H,24,25)(H,26,27). The maximum atomic E-state index is 12.0. The number of hydrogen-bond acceptors (Lipinski definition) is 4. The lowest BCUT2D eigenvalue weighted by Gasteiger charge is -2.36. The zero-order valence-electron chi connectivity index (χ0n) is 15.0. The molecule has 1 aromatic carbocycles. The molecule has 0 fully saturated rings. The second kappa shape index (κ2) is 7.86. The third-order valence-electron chi connectivity index (χ3n) is 4.80. The van der Waals surface area contributed by atoms with E-state index in [1.165, 1.54) is 31.5 Å². The van der Waals surface area contributed by atoms with Gasteiger partial charge in [-0.15, -0.1) is 0 Å². The van der Waals surface area contributed by atoms with Gasteiger partial charge >= 0.3 is 11.9 Å². The van der Waals surface area contributed by atoms with Gasteiger partial charge in [0.15, 0.2) is 0 Å². The Labute approximate surface area is 166 Å². The lowest BCUT2D eigenvalue weighted by Crippen LogP contribution is -2.39. The molecule has 0 spiro atoms. The van der Waals surface area contributed by atoms with Crippen LogP contribution in [-0.4, -0.2) is 27.1 Å². The molecule has 2 unspecified atom stereocenters. The molecule has 0 bridgehead atoms. The van der Waals surface area contributed by atoms with Crippen molar-refractivity contribution >= 4 is 23.5 Å². The largest absolute Gasteiger partial charge is 0.487 e. The zero-order chi connectivity index (χ0) is 20.3. The second-order valence-electron chi connectivity index (χ2n) is 6.61. The van der Waals surface area contributed by atoms with E-state index in [0.29, 0.717) is 17.9 Å². The molecule has 2 N–H and O–H groups in total. The molecule has 6 nitrogen and oxygen atoms in total. The topological polar surface area (TPSA) is 96.7 Å². The summed E-state index contributed by atoms with van der Waals surface area (Å²) in [6, 6.07) is 11.1. The zero-order valence-corrected chi connectivity index (χ0v) is 15.8. The van der Waals surface area contributed by atoms with Gasteiger partial charge in [0.25, 0.3) is 0 Å². The van der Waals surface area contributed by atoms with E-state index in [-0.39, 0.29) is 10.6 Å². The highest BCUT2D eigenvalue weighted by molar-refractivity contribution is 6.32. The summed E-state index contributed by atoms with van der Waals surface area (Å²) in [5.74, 6) is -3.05. The van der Waals surface area contributed by atoms with Gasteiger partial charge in [0.2, 0.25) is 0 Å². The maximum Gasteiger partial charge on any atom is 0.332 e. The highest BCUT2D eigenvalue weighted by atomic mass is 35.5. The molecule has 0 saturated heterocycles. The predicted octanol–water partition coefficient (Wildman–Crippen LogP) is 3.98. The first kappa shape index (κ1) is 19.6. The molecule has 2 atom stereocenters. The fraction of sp³-hybridized carbons (Fsp3) is 0.190. The third kappa shape index (κ3) is 3.64. The van der Waals surface area contributed by atoms with Crippen LogP contribution in [0.1, 0.15) is 24.0 Å². The first-order valence-corrected chi connectivity index (χ1v) is 8.88. The van der Waals surface area contributed by atoms with E-state index < -0.39 is 23.3 Å². The number of aromatic nitrogens is 1. The Balaban J connectivity index is 1.97. The summed E-state index contributed by atoms with van der Waals surface area (Å²) >= 11 is 6.21. The first-order chi connectivity index (χ1) is 13.3. The number of allylic oxidation sites excluding steroid dienone is 2. The van der Waals surface area contributed by atoms with E-state index in [0.717, 1.165) is 5.56 Å². The van der Waals surface area contributed by atoms with Crippen molar-refractivity contribution in [2.75, 3.05) is 0 Å². The molecule has 0 saturated carbocycles. The van der Waals surface area contributed by atoms with E-state index in [1.807, 2.05) is 30.3 Å². The quantitative estimate of drug-likeness (QED) is 0.762. The summed E-state index contributed by atoms with van der Waals surface area (Å²) in [6.45, 7) is 1.71. The number of benzene rings is 1. The van der Waals surface area contributed by atoms with Gasteiger partial charge in [-0.2, -0.15) is 0 Å². The number of pyridine rings is 1. The SMILES string of the molecule is CC1(C(=O)O)C(Cl)=CC=C(C(=O)O)C1c1cncc(OCc2ccccc2)c1. The van der Waals surface area contributed by atoms with Gasteiger partial charge in [-0.3, -0.25) is 9.78 Å². The molecule has 7 heteroatoms. The molecule has 28 heavy (non-hydrogen) atoms. The van der Waals surface area contributed by atoms with Crippen LogP contribution < -0.4 is 4.74 Å². The van der Waals surface area contributed by atoms with Crippen LogP contribution in [0.25, 0.3) is 0 Å². The van der Waals surface area contributed by atoms with Gasteiger partial charge in [-0.25, -0.2) is 4.79 Å². The van der Waals surface area contributed by atoms with Crippen LogP contribution in [0.15, 0.2) is 71.5 Å². The van der Waals surface area contributed by atoms with Gasteiger partial charge in [0.1, 0.15) is 17.8 Å². The Bertz CT molecular complexity index is 970. The average molecular weight is 400 g/mol. The van der Waals surface area contributed by atoms with E-state index in [2.05, 4.69) is 4.98 Å². The highest BCUT2D eigenvalue weighted by Crippen LogP contribution is 2.50. The fourth-order valence-electron chi connectivity index (χ4n) is 3.23. The molecule has 0 amide bonds. The third-order valence-corrected chi connectivity index (χ3v) is 5.32. The smallest absolute Gasteiger partial charge is 0.332 e. The van der Waals surface area contributed by atoms with Crippen molar-refractivity contribution < 1.29 is 24.5 Å². The number of rotatable bonds is 6. The molecular weight excluding hydrogens is 382 g/mol. The van der Waals surface area contributed by atoms with Crippen LogP contribution in [-0.2, 0) is 16.2 Å².